The summed E-state index contributed by atoms with van der Waals surface area (Å²) in [6.07, 6.45) is 1.78. The summed E-state index contributed by atoms with van der Waals surface area (Å²) < 4.78 is 0. The normalized spacial score (nSPS) is 11.2. The van der Waals surface area contributed by atoms with E-state index in [4.69, 9.17) is 5.11 Å². The number of carbonyl (C=O) groups is 1. The van der Waals surface area contributed by atoms with Gasteiger partial charge in [0.15, 0.2) is 0 Å². The highest BCUT2D eigenvalue weighted by atomic mass is 16.4. The molecule has 0 radical (unpaired) electrons. The molecule has 0 bridgehead atoms. The van der Waals surface area contributed by atoms with E-state index in [1.165, 1.54) is 5.56 Å². The molecule has 0 saturated heterocycles. The van der Waals surface area contributed by atoms with Crippen molar-refractivity contribution in [3.63, 3.8) is 0 Å². The SMILES string of the molecule is CC(C)c1ccc(C=Nc2ccc(C(=O)O)cc2)cc1. The topological polar surface area (TPSA) is 49.7 Å². The Morgan fingerprint density at radius 1 is 1.05 bits per heavy atom. The number of carboxylic acid groups (broad SMARTS) is 1. The van der Waals surface area contributed by atoms with E-state index in [-0.39, 0.29) is 5.56 Å². The predicted molar refractivity (Wildman–Crippen MR) is 81.2 cm³/mol. The van der Waals surface area contributed by atoms with Crippen molar-refractivity contribution in [1.82, 2.24) is 0 Å². The third-order valence-electron chi connectivity index (χ3n) is 3.08. The van der Waals surface area contributed by atoms with Crippen molar-refractivity contribution in [1.29, 1.82) is 0 Å². The number of benzene rings is 2. The second kappa shape index (κ2) is 6.15. The number of aliphatic imine (C=N–C) groups is 1. The minimum atomic E-state index is -0.926. The average molecular weight is 267 g/mol. The van der Waals surface area contributed by atoms with E-state index in [1.54, 1.807) is 30.5 Å². The summed E-state index contributed by atoms with van der Waals surface area (Å²) in [6.45, 7) is 4.32. The molecule has 2 rings (SSSR count). The number of hydrogen-bond acceptors (Lipinski definition) is 2. The molecule has 3 nitrogen and oxygen atoms in total. The van der Waals surface area contributed by atoms with Crippen molar-refractivity contribution in [2.75, 3.05) is 0 Å². The highest BCUT2D eigenvalue weighted by molar-refractivity contribution is 5.88. The van der Waals surface area contributed by atoms with Crippen molar-refractivity contribution in [3.05, 3.63) is 65.2 Å². The van der Waals surface area contributed by atoms with Gasteiger partial charge in [0.25, 0.3) is 0 Å². The first-order valence-electron chi connectivity index (χ1n) is 6.53. The van der Waals surface area contributed by atoms with Gasteiger partial charge in [-0.1, -0.05) is 38.1 Å². The summed E-state index contributed by atoms with van der Waals surface area (Å²) in [5.41, 5.74) is 3.33. The Balaban J connectivity index is 2.10. The molecule has 1 N–H and O–H groups in total. The summed E-state index contributed by atoms with van der Waals surface area (Å²) in [4.78, 5) is 15.1. The molecular formula is C17H17NO2. The summed E-state index contributed by atoms with van der Waals surface area (Å²) in [6, 6.07) is 14.8. The average Bonchev–Trinajstić information content (AvgIpc) is 2.46. The predicted octanol–water partition coefficient (Wildman–Crippen LogP) is 4.26. The van der Waals surface area contributed by atoms with Crippen molar-refractivity contribution < 1.29 is 9.90 Å². The van der Waals surface area contributed by atoms with Gasteiger partial charge in [-0.05, 0) is 41.3 Å². The molecule has 0 heterocycles. The molecule has 2 aromatic rings. The van der Waals surface area contributed by atoms with E-state index in [2.05, 4.69) is 31.0 Å². The minimum absolute atomic E-state index is 0.269. The van der Waals surface area contributed by atoms with Crippen LogP contribution in [-0.2, 0) is 0 Å². The number of rotatable bonds is 4. The Morgan fingerprint density at radius 2 is 1.65 bits per heavy atom. The molecule has 0 amide bonds. The fourth-order valence-corrected chi connectivity index (χ4v) is 1.81. The van der Waals surface area contributed by atoms with Gasteiger partial charge >= 0.3 is 5.97 Å². The van der Waals surface area contributed by atoms with E-state index < -0.39 is 5.97 Å². The van der Waals surface area contributed by atoms with Gasteiger partial charge in [-0.2, -0.15) is 0 Å². The van der Waals surface area contributed by atoms with Crippen LogP contribution in [0.2, 0.25) is 0 Å². The van der Waals surface area contributed by atoms with Crippen molar-refractivity contribution in [2.45, 2.75) is 19.8 Å². The first-order chi connectivity index (χ1) is 9.56. The lowest BCUT2D eigenvalue weighted by Crippen LogP contribution is -1.94. The summed E-state index contributed by atoms with van der Waals surface area (Å²) in [7, 11) is 0. The number of hydrogen-bond donors (Lipinski definition) is 1. The molecule has 0 aromatic heterocycles. The fraction of sp³-hybridized carbons (Fsp3) is 0.176. The van der Waals surface area contributed by atoms with Crippen molar-refractivity contribution >= 4 is 17.9 Å². The molecule has 0 spiro atoms. The molecular weight excluding hydrogens is 250 g/mol. The quantitative estimate of drug-likeness (QED) is 0.841. The van der Waals surface area contributed by atoms with Gasteiger partial charge in [-0.25, -0.2) is 4.79 Å². The summed E-state index contributed by atoms with van der Waals surface area (Å²) in [5.74, 6) is -0.408. The molecule has 20 heavy (non-hydrogen) atoms. The van der Waals surface area contributed by atoms with Crippen LogP contribution in [0, 0.1) is 0 Å². The first-order valence-corrected chi connectivity index (χ1v) is 6.53. The standard InChI is InChI=1S/C17H17NO2/c1-12(2)14-5-3-13(4-6-14)11-18-16-9-7-15(8-10-16)17(19)20/h3-12H,1-2H3,(H,19,20). The van der Waals surface area contributed by atoms with Crippen LogP contribution in [0.4, 0.5) is 5.69 Å². The van der Waals surface area contributed by atoms with Gasteiger partial charge in [0, 0.05) is 6.21 Å². The number of nitrogens with zero attached hydrogens (tertiary/aromatic N) is 1. The second-order valence-corrected chi connectivity index (χ2v) is 4.93. The monoisotopic (exact) mass is 267 g/mol. The Kier molecular flexibility index (Phi) is 4.31. The second-order valence-electron chi connectivity index (χ2n) is 4.93. The zero-order valence-electron chi connectivity index (χ0n) is 11.6. The maximum Gasteiger partial charge on any atom is 0.335 e. The lowest BCUT2D eigenvalue weighted by Gasteiger charge is -2.04. The van der Waals surface area contributed by atoms with E-state index in [0.717, 1.165) is 11.3 Å². The number of carboxylic acids is 1. The third kappa shape index (κ3) is 3.54. The lowest BCUT2D eigenvalue weighted by molar-refractivity contribution is 0.0697. The van der Waals surface area contributed by atoms with E-state index >= 15 is 0 Å². The molecule has 0 saturated carbocycles. The molecule has 2 aromatic carbocycles. The van der Waals surface area contributed by atoms with Crippen molar-refractivity contribution in [2.24, 2.45) is 4.99 Å². The molecule has 0 unspecified atom stereocenters. The van der Waals surface area contributed by atoms with Crippen LogP contribution in [-0.4, -0.2) is 17.3 Å². The minimum Gasteiger partial charge on any atom is -0.478 e. The van der Waals surface area contributed by atoms with Crippen LogP contribution >= 0.6 is 0 Å². The fourth-order valence-electron chi connectivity index (χ4n) is 1.81. The molecule has 0 aliphatic heterocycles. The first kappa shape index (κ1) is 14.0. The van der Waals surface area contributed by atoms with Crippen LogP contribution in [0.1, 0.15) is 41.3 Å². The summed E-state index contributed by atoms with van der Waals surface area (Å²) >= 11 is 0. The molecule has 0 aliphatic rings. The molecule has 3 heteroatoms. The maximum atomic E-state index is 10.7. The smallest absolute Gasteiger partial charge is 0.335 e. The lowest BCUT2D eigenvalue weighted by atomic mass is 10.0. The van der Waals surface area contributed by atoms with Gasteiger partial charge in [-0.15, -0.1) is 0 Å². The zero-order chi connectivity index (χ0) is 14.5. The van der Waals surface area contributed by atoms with Crippen LogP contribution in [0.15, 0.2) is 53.5 Å². The Bertz CT molecular complexity index is 610. The molecule has 0 fully saturated rings. The highest BCUT2D eigenvalue weighted by Crippen LogP contribution is 2.16. The van der Waals surface area contributed by atoms with Gasteiger partial charge in [-0.3, -0.25) is 4.99 Å². The molecule has 0 aliphatic carbocycles. The van der Waals surface area contributed by atoms with Crippen LogP contribution < -0.4 is 0 Å². The van der Waals surface area contributed by atoms with Gasteiger partial charge in [0.05, 0.1) is 11.3 Å². The van der Waals surface area contributed by atoms with E-state index in [9.17, 15) is 4.79 Å². The van der Waals surface area contributed by atoms with Crippen LogP contribution in [0.25, 0.3) is 0 Å². The van der Waals surface area contributed by atoms with Crippen LogP contribution in [0.3, 0.4) is 0 Å². The number of aromatic carboxylic acids is 1. The highest BCUT2D eigenvalue weighted by Gasteiger charge is 2.00. The Hall–Kier alpha value is -2.42. The van der Waals surface area contributed by atoms with Crippen molar-refractivity contribution in [3.8, 4) is 0 Å². The zero-order valence-corrected chi connectivity index (χ0v) is 11.6. The van der Waals surface area contributed by atoms with Gasteiger partial charge in [0.1, 0.15) is 0 Å². The molecule has 102 valence electrons. The third-order valence-corrected chi connectivity index (χ3v) is 3.08. The van der Waals surface area contributed by atoms with E-state index in [0.29, 0.717) is 5.92 Å². The van der Waals surface area contributed by atoms with Gasteiger partial charge < -0.3 is 5.11 Å². The van der Waals surface area contributed by atoms with E-state index in [1.807, 2.05) is 12.1 Å². The Labute approximate surface area is 118 Å². The van der Waals surface area contributed by atoms with Gasteiger partial charge in [0.2, 0.25) is 0 Å². The Morgan fingerprint density at radius 3 is 2.15 bits per heavy atom. The van der Waals surface area contributed by atoms with Crippen LogP contribution in [0.5, 0.6) is 0 Å². The summed E-state index contributed by atoms with van der Waals surface area (Å²) in [5, 5.41) is 8.82. The molecule has 0 atom stereocenters. The maximum absolute atomic E-state index is 10.7. The largest absolute Gasteiger partial charge is 0.478 e.